The maximum Gasteiger partial charge on any atom is 0.193 e. The molecule has 0 aliphatic carbocycles. The number of ether oxygens (including phenoxy) is 1. The van der Waals surface area contributed by atoms with Gasteiger partial charge in [-0.3, -0.25) is 9.89 Å². The van der Waals surface area contributed by atoms with Gasteiger partial charge >= 0.3 is 0 Å². The highest BCUT2D eigenvalue weighted by Crippen LogP contribution is 2.17. The SMILES string of the molecule is CCNC(=NCC(C(C)C)N1CCOCC1)N1CCC(C)CC1. The summed E-state index contributed by atoms with van der Waals surface area (Å²) in [6.07, 6.45) is 2.56. The van der Waals surface area contributed by atoms with Crippen LogP contribution in [-0.4, -0.2) is 74.3 Å². The summed E-state index contributed by atoms with van der Waals surface area (Å²) in [4.78, 5) is 10.0. The van der Waals surface area contributed by atoms with Crippen molar-refractivity contribution in [2.45, 2.75) is 46.6 Å². The summed E-state index contributed by atoms with van der Waals surface area (Å²) < 4.78 is 5.50. The maximum absolute atomic E-state index is 5.50. The van der Waals surface area contributed by atoms with Crippen molar-refractivity contribution in [2.75, 3.05) is 52.5 Å². The molecule has 134 valence electrons. The van der Waals surface area contributed by atoms with Gasteiger partial charge in [-0.15, -0.1) is 0 Å². The standard InChI is InChI=1S/C18H36N4O/c1-5-19-18(22-8-6-16(4)7-9-22)20-14-17(15(2)3)21-10-12-23-13-11-21/h15-17H,5-14H2,1-4H3,(H,19,20). The van der Waals surface area contributed by atoms with Crippen LogP contribution in [0, 0.1) is 11.8 Å². The van der Waals surface area contributed by atoms with Crippen molar-refractivity contribution in [3.63, 3.8) is 0 Å². The van der Waals surface area contributed by atoms with Crippen LogP contribution in [0.4, 0.5) is 0 Å². The second-order valence-electron chi connectivity index (χ2n) is 7.32. The molecule has 0 saturated carbocycles. The predicted molar refractivity (Wildman–Crippen MR) is 97.0 cm³/mol. The largest absolute Gasteiger partial charge is 0.379 e. The summed E-state index contributed by atoms with van der Waals surface area (Å²) in [6, 6.07) is 0.510. The van der Waals surface area contributed by atoms with E-state index in [0.717, 1.165) is 64.4 Å². The average Bonchev–Trinajstić information content (AvgIpc) is 2.55. The molecule has 5 heteroatoms. The van der Waals surface area contributed by atoms with Crippen LogP contribution in [-0.2, 0) is 4.74 Å². The van der Waals surface area contributed by atoms with E-state index in [0.29, 0.717) is 12.0 Å². The summed E-state index contributed by atoms with van der Waals surface area (Å²) in [6.45, 7) is 17.0. The van der Waals surface area contributed by atoms with Crippen molar-refractivity contribution >= 4 is 5.96 Å². The number of hydrogen-bond acceptors (Lipinski definition) is 3. The molecule has 1 unspecified atom stereocenters. The summed E-state index contributed by atoms with van der Waals surface area (Å²) >= 11 is 0. The van der Waals surface area contributed by atoms with Crippen molar-refractivity contribution in [3.8, 4) is 0 Å². The molecule has 2 fully saturated rings. The second kappa shape index (κ2) is 9.48. The molecular weight excluding hydrogens is 288 g/mol. The molecule has 0 radical (unpaired) electrons. The quantitative estimate of drug-likeness (QED) is 0.621. The van der Waals surface area contributed by atoms with Crippen molar-refractivity contribution in [3.05, 3.63) is 0 Å². The van der Waals surface area contributed by atoms with E-state index in [1.807, 2.05) is 0 Å². The van der Waals surface area contributed by atoms with Crippen LogP contribution in [0.1, 0.15) is 40.5 Å². The van der Waals surface area contributed by atoms with E-state index < -0.39 is 0 Å². The first-order valence-corrected chi connectivity index (χ1v) is 9.46. The van der Waals surface area contributed by atoms with Crippen molar-refractivity contribution in [1.82, 2.24) is 15.1 Å². The van der Waals surface area contributed by atoms with E-state index in [4.69, 9.17) is 9.73 Å². The zero-order valence-corrected chi connectivity index (χ0v) is 15.6. The molecule has 0 amide bonds. The van der Waals surface area contributed by atoms with Crippen LogP contribution >= 0.6 is 0 Å². The Morgan fingerprint density at radius 1 is 1.17 bits per heavy atom. The molecule has 2 aliphatic rings. The third-order valence-corrected chi connectivity index (χ3v) is 5.13. The topological polar surface area (TPSA) is 40.1 Å². The fraction of sp³-hybridized carbons (Fsp3) is 0.944. The van der Waals surface area contributed by atoms with Crippen LogP contribution < -0.4 is 5.32 Å². The van der Waals surface area contributed by atoms with Gasteiger partial charge in [0, 0.05) is 38.8 Å². The molecule has 2 heterocycles. The van der Waals surface area contributed by atoms with Gasteiger partial charge in [0.05, 0.1) is 19.8 Å². The second-order valence-corrected chi connectivity index (χ2v) is 7.32. The first-order valence-electron chi connectivity index (χ1n) is 9.46. The molecule has 0 aromatic heterocycles. The minimum Gasteiger partial charge on any atom is -0.379 e. The Labute approximate surface area is 142 Å². The minimum atomic E-state index is 0.510. The molecule has 23 heavy (non-hydrogen) atoms. The lowest BCUT2D eigenvalue weighted by molar-refractivity contribution is 0.00861. The molecule has 1 N–H and O–H groups in total. The zero-order valence-electron chi connectivity index (χ0n) is 15.6. The summed E-state index contributed by atoms with van der Waals surface area (Å²) in [7, 11) is 0. The normalized spacial score (nSPS) is 23.3. The fourth-order valence-corrected chi connectivity index (χ4v) is 3.48. The molecule has 0 spiro atoms. The lowest BCUT2D eigenvalue weighted by atomic mass is 9.99. The zero-order chi connectivity index (χ0) is 16.7. The van der Waals surface area contributed by atoms with Crippen molar-refractivity contribution in [2.24, 2.45) is 16.8 Å². The third-order valence-electron chi connectivity index (χ3n) is 5.13. The first-order chi connectivity index (χ1) is 11.1. The van der Waals surface area contributed by atoms with Gasteiger partial charge in [0.15, 0.2) is 5.96 Å². The highest BCUT2D eigenvalue weighted by atomic mass is 16.5. The Hall–Kier alpha value is -0.810. The van der Waals surface area contributed by atoms with Gasteiger partial charge in [-0.2, -0.15) is 0 Å². The Kier molecular flexibility index (Phi) is 7.63. The molecule has 2 saturated heterocycles. The number of nitrogens with zero attached hydrogens (tertiary/aromatic N) is 3. The molecule has 2 rings (SSSR count). The summed E-state index contributed by atoms with van der Waals surface area (Å²) in [5.41, 5.74) is 0. The Morgan fingerprint density at radius 3 is 2.39 bits per heavy atom. The van der Waals surface area contributed by atoms with E-state index in [2.05, 4.69) is 42.8 Å². The highest BCUT2D eigenvalue weighted by molar-refractivity contribution is 5.80. The summed E-state index contributed by atoms with van der Waals surface area (Å²) in [5, 5.41) is 3.50. The summed E-state index contributed by atoms with van der Waals surface area (Å²) in [5.74, 6) is 2.57. The average molecular weight is 325 g/mol. The van der Waals surface area contributed by atoms with E-state index in [1.54, 1.807) is 0 Å². The van der Waals surface area contributed by atoms with Crippen LogP contribution in [0.15, 0.2) is 4.99 Å². The van der Waals surface area contributed by atoms with E-state index >= 15 is 0 Å². The number of likely N-dealkylation sites (tertiary alicyclic amines) is 1. The van der Waals surface area contributed by atoms with Gasteiger partial charge in [0.2, 0.25) is 0 Å². The molecule has 0 bridgehead atoms. The lowest BCUT2D eigenvalue weighted by Gasteiger charge is -2.37. The van der Waals surface area contributed by atoms with Crippen LogP contribution in [0.3, 0.4) is 0 Å². The first kappa shape index (κ1) is 18.5. The molecule has 1 atom stereocenters. The molecule has 0 aromatic carbocycles. The number of guanidine groups is 1. The highest BCUT2D eigenvalue weighted by Gasteiger charge is 2.24. The Morgan fingerprint density at radius 2 is 1.83 bits per heavy atom. The Bertz CT molecular complexity index is 358. The fourth-order valence-electron chi connectivity index (χ4n) is 3.48. The third kappa shape index (κ3) is 5.64. The van der Waals surface area contributed by atoms with Crippen molar-refractivity contribution < 1.29 is 4.74 Å². The van der Waals surface area contributed by atoms with Gasteiger partial charge in [-0.25, -0.2) is 0 Å². The van der Waals surface area contributed by atoms with Gasteiger partial charge in [0.25, 0.3) is 0 Å². The number of hydrogen-bond donors (Lipinski definition) is 1. The maximum atomic E-state index is 5.50. The lowest BCUT2D eigenvalue weighted by Crippen LogP contribution is -2.49. The molecule has 5 nitrogen and oxygen atoms in total. The number of piperidine rings is 1. The van der Waals surface area contributed by atoms with E-state index in [-0.39, 0.29) is 0 Å². The number of nitrogens with one attached hydrogen (secondary N) is 1. The molecular formula is C18H36N4O. The van der Waals surface area contributed by atoms with Crippen LogP contribution in [0.2, 0.25) is 0 Å². The minimum absolute atomic E-state index is 0.510. The number of morpholine rings is 1. The van der Waals surface area contributed by atoms with E-state index in [1.165, 1.54) is 12.8 Å². The van der Waals surface area contributed by atoms with Gasteiger partial charge < -0.3 is 15.0 Å². The van der Waals surface area contributed by atoms with Gasteiger partial charge in [-0.1, -0.05) is 20.8 Å². The molecule has 2 aliphatic heterocycles. The monoisotopic (exact) mass is 324 g/mol. The predicted octanol–water partition coefficient (Wildman–Crippen LogP) is 2.04. The number of rotatable bonds is 5. The van der Waals surface area contributed by atoms with Gasteiger partial charge in [0.1, 0.15) is 0 Å². The number of aliphatic imine (C=N–C) groups is 1. The van der Waals surface area contributed by atoms with Crippen molar-refractivity contribution in [1.29, 1.82) is 0 Å². The smallest absolute Gasteiger partial charge is 0.193 e. The Balaban J connectivity index is 1.98. The van der Waals surface area contributed by atoms with Crippen LogP contribution in [0.5, 0.6) is 0 Å². The van der Waals surface area contributed by atoms with Gasteiger partial charge in [-0.05, 0) is 31.6 Å². The van der Waals surface area contributed by atoms with Crippen LogP contribution in [0.25, 0.3) is 0 Å². The molecule has 0 aromatic rings. The van der Waals surface area contributed by atoms with E-state index in [9.17, 15) is 0 Å².